The summed E-state index contributed by atoms with van der Waals surface area (Å²) in [6.07, 6.45) is 3.63. The Morgan fingerprint density at radius 3 is 1.46 bits per heavy atom. The van der Waals surface area contributed by atoms with E-state index in [0.717, 1.165) is 21.6 Å². The Bertz CT molecular complexity index is 2550. The molecule has 0 aliphatic carbocycles. The van der Waals surface area contributed by atoms with E-state index < -0.39 is 160 Å². The highest BCUT2D eigenvalue weighted by Gasteiger charge is 2.55. The van der Waals surface area contributed by atoms with Gasteiger partial charge in [-0.15, -0.1) is 11.8 Å². The van der Waals surface area contributed by atoms with Gasteiger partial charge in [-0.2, -0.15) is 0 Å². The van der Waals surface area contributed by atoms with E-state index in [1.807, 2.05) is 89.2 Å². The van der Waals surface area contributed by atoms with Crippen molar-refractivity contribution in [1.29, 1.82) is 0 Å². The number of rotatable bonds is 20. The van der Waals surface area contributed by atoms with Gasteiger partial charge in [0, 0.05) is 55.4 Å². The summed E-state index contributed by atoms with van der Waals surface area (Å²) >= 11 is 1.15. The molecule has 1 fully saturated rings. The smallest absolute Gasteiger partial charge is 0.259 e. The summed E-state index contributed by atoms with van der Waals surface area (Å²) in [6.45, 7) is 35.4. The quantitative estimate of drug-likeness (QED) is 0.0686. The fourth-order valence-corrected chi connectivity index (χ4v) is 13.3. The highest BCUT2D eigenvalue weighted by Crippen LogP contribution is 2.42. The van der Waals surface area contributed by atoms with E-state index in [9.17, 15) is 38.7 Å². The van der Waals surface area contributed by atoms with Crippen LogP contribution in [0.1, 0.15) is 183 Å². The van der Waals surface area contributed by atoms with Gasteiger partial charge in [0.05, 0.1) is 18.0 Å². The molecule has 1 saturated heterocycles. The molecule has 534 valence electrons. The normalized spacial score (nSPS) is 27.1. The molecular weight excluding hydrogens is 1210 g/mol. The molecule has 2 unspecified atom stereocenters. The lowest BCUT2D eigenvalue weighted by atomic mass is 9.91. The summed E-state index contributed by atoms with van der Waals surface area (Å²) in [5.74, 6) is -10.1. The molecule has 14 atom stereocenters. The SMILES string of the molecule is C/C=C/C[C@@H](C)[C@@H](O)[C@H]1C(=O)N[C@@H](CC)C(=O)N(C)CC(=O)N(C)[C@@H](CC(C)C)C(=O)N[C@@H](C(C)C)C(=O)N(C)[C@@H](CC(C)C)C(=O)N[C@@H](C)C(=O)N[C@H](C)C(=O)N(C)[C@@H](CC(C)C)C(=O)N(C)[C@@H](CC(C)C)C(=O)N(C)[C@](SC(C)NC(C)CC)(C(C)C)C(=O)N1C. The first-order valence-electron chi connectivity index (χ1n) is 33.7. The molecule has 0 spiro atoms. The van der Waals surface area contributed by atoms with Crippen molar-refractivity contribution >= 4 is 76.7 Å². The lowest BCUT2D eigenvalue weighted by Gasteiger charge is -2.49. The number of carbonyl (C=O) groups excluding carboxylic acids is 11. The van der Waals surface area contributed by atoms with Crippen LogP contribution < -0.4 is 26.6 Å². The van der Waals surface area contributed by atoms with Crippen molar-refractivity contribution in [3.05, 3.63) is 12.2 Å². The topological polar surface area (TPSA) is 291 Å². The van der Waals surface area contributed by atoms with E-state index in [4.69, 9.17) is 0 Å². The van der Waals surface area contributed by atoms with Gasteiger partial charge >= 0.3 is 0 Å². The zero-order chi connectivity index (χ0) is 72.2. The van der Waals surface area contributed by atoms with E-state index >= 15 is 19.2 Å². The number of hydrogen-bond acceptors (Lipinski definition) is 14. The number of amides is 11. The zero-order valence-corrected chi connectivity index (χ0v) is 62.6. The molecule has 0 bridgehead atoms. The number of aliphatic hydroxyl groups excluding tert-OH is 1. The number of nitrogens with zero attached hydrogens (tertiary/aromatic N) is 7. The molecule has 93 heavy (non-hydrogen) atoms. The Labute approximate surface area is 562 Å². The Hall–Kier alpha value is -5.82. The lowest BCUT2D eigenvalue weighted by Crippen LogP contribution is -2.68. The van der Waals surface area contributed by atoms with Crippen molar-refractivity contribution in [1.82, 2.24) is 60.9 Å². The summed E-state index contributed by atoms with van der Waals surface area (Å²) in [5.41, 5.74) is 0. The minimum atomic E-state index is -1.88. The molecule has 1 aliphatic heterocycles. The van der Waals surface area contributed by atoms with Crippen molar-refractivity contribution in [3.8, 4) is 0 Å². The lowest BCUT2D eigenvalue weighted by molar-refractivity contribution is -0.159. The first kappa shape index (κ1) is 85.2. The van der Waals surface area contributed by atoms with E-state index in [0.29, 0.717) is 6.42 Å². The van der Waals surface area contributed by atoms with Crippen LogP contribution in [0.5, 0.6) is 0 Å². The first-order chi connectivity index (χ1) is 42.9. The van der Waals surface area contributed by atoms with Gasteiger partial charge in [-0.3, -0.25) is 52.7 Å². The van der Waals surface area contributed by atoms with Crippen LogP contribution in [0.2, 0.25) is 0 Å². The van der Waals surface area contributed by atoms with Gasteiger partial charge in [0.15, 0.2) is 4.87 Å². The third kappa shape index (κ3) is 23.5. The average Bonchev–Trinajstić information content (AvgIpc) is 0.762. The molecule has 1 aliphatic rings. The van der Waals surface area contributed by atoms with Gasteiger partial charge in [-0.05, 0) is 121 Å². The van der Waals surface area contributed by atoms with E-state index in [1.54, 1.807) is 47.6 Å². The van der Waals surface area contributed by atoms with E-state index in [2.05, 4.69) is 26.6 Å². The predicted octanol–water partition coefficient (Wildman–Crippen LogP) is 5.06. The first-order valence-corrected chi connectivity index (χ1v) is 34.6. The molecule has 0 aromatic carbocycles. The molecule has 25 heteroatoms. The molecule has 6 N–H and O–H groups in total. The summed E-state index contributed by atoms with van der Waals surface area (Å²) in [6, 6.07) is -11.4. The number of thioether (sulfide) groups is 1. The summed E-state index contributed by atoms with van der Waals surface area (Å²) in [5, 5.41) is 26.6. The zero-order valence-electron chi connectivity index (χ0n) is 61.8. The van der Waals surface area contributed by atoms with Gasteiger partial charge in [0.25, 0.3) is 5.91 Å². The van der Waals surface area contributed by atoms with Gasteiger partial charge in [0.1, 0.15) is 54.4 Å². The second-order valence-corrected chi connectivity index (χ2v) is 30.0. The fourth-order valence-electron chi connectivity index (χ4n) is 11.7. The molecule has 0 aromatic heterocycles. The standard InChI is InChI=1S/C68H124N12O12S/c1-28-31-32-44(16)57(82)56-61(86)72-49(30-3)63(88)74(21)37-54(81)75(22)50(33-38(4)5)60(85)73-55(42(12)13)66(91)76(23)51(34-39(6)7)59(84)70-46(18)58(83)71-47(19)62(87)77(24)52(35-40(8)9)64(89)78(25)53(36-41(10)11)65(90)80(27)68(43(14)15,67(92)79(56)26)93-48(20)69-45(17)29-2/h28,31,38-53,55-57,69,82H,29-30,32-37H2,1-27H3,(H,70,84)(H,71,83)(H,72,86)(H,73,85)/b31-28+/t44-,45?,46+,47-,48?,49+,50+,51+,52+,53+,55+,56+,57-,68+/m1/s1. The van der Waals surface area contributed by atoms with Gasteiger partial charge in [0.2, 0.25) is 59.1 Å². The summed E-state index contributed by atoms with van der Waals surface area (Å²) in [4.78, 5) is 171. The van der Waals surface area contributed by atoms with Crippen LogP contribution in [0.3, 0.4) is 0 Å². The number of allylic oxidation sites excluding steroid dienone is 2. The maximum Gasteiger partial charge on any atom is 0.259 e. The van der Waals surface area contributed by atoms with Crippen LogP contribution in [0.4, 0.5) is 0 Å². The summed E-state index contributed by atoms with van der Waals surface area (Å²) < 4.78 is 0. The summed E-state index contributed by atoms with van der Waals surface area (Å²) in [7, 11) is 10.1. The molecule has 0 radical (unpaired) electrons. The Kier molecular flexibility index (Phi) is 35.4. The number of aliphatic hydroxyl groups is 1. The highest BCUT2D eigenvalue weighted by molar-refractivity contribution is 8.01. The fraction of sp³-hybridized carbons (Fsp3) is 0.809. The number of likely N-dealkylation sites (N-methyl/N-ethyl adjacent to an activating group) is 7. The van der Waals surface area contributed by atoms with Crippen molar-refractivity contribution in [2.24, 2.45) is 41.4 Å². The molecule has 0 saturated carbocycles. The third-order valence-corrected chi connectivity index (χ3v) is 19.6. The van der Waals surface area contributed by atoms with Gasteiger partial charge in [-0.1, -0.05) is 116 Å². The number of nitrogens with one attached hydrogen (secondary N) is 5. The second-order valence-electron chi connectivity index (χ2n) is 28.4. The minimum Gasteiger partial charge on any atom is -0.390 e. The molecular formula is C68H124N12O12S. The van der Waals surface area contributed by atoms with Crippen molar-refractivity contribution in [2.45, 2.75) is 260 Å². The molecule has 11 amide bonds. The van der Waals surface area contributed by atoms with Crippen molar-refractivity contribution in [2.75, 3.05) is 55.9 Å². The minimum absolute atomic E-state index is 0.00498. The van der Waals surface area contributed by atoms with Crippen LogP contribution in [-0.2, 0) is 52.7 Å². The molecule has 1 rings (SSSR count). The monoisotopic (exact) mass is 1330 g/mol. The maximum absolute atomic E-state index is 16.3. The van der Waals surface area contributed by atoms with Gasteiger partial charge in [-0.25, -0.2) is 0 Å². The molecule has 0 aromatic rings. The van der Waals surface area contributed by atoms with Crippen LogP contribution in [0.25, 0.3) is 0 Å². The van der Waals surface area contributed by atoms with E-state index in [1.165, 1.54) is 87.7 Å². The van der Waals surface area contributed by atoms with Gasteiger partial charge < -0.3 is 66.0 Å². The molecule has 1 heterocycles. The van der Waals surface area contributed by atoms with Crippen molar-refractivity contribution < 1.29 is 57.8 Å². The largest absolute Gasteiger partial charge is 0.390 e. The number of hydrogen-bond donors (Lipinski definition) is 6. The van der Waals surface area contributed by atoms with E-state index in [-0.39, 0.29) is 68.2 Å². The highest BCUT2D eigenvalue weighted by atomic mass is 32.2. The van der Waals surface area contributed by atoms with Crippen molar-refractivity contribution in [3.63, 3.8) is 0 Å². The predicted molar refractivity (Wildman–Crippen MR) is 367 cm³/mol. The van der Waals surface area contributed by atoms with Crippen LogP contribution in [0, 0.1) is 41.4 Å². The van der Waals surface area contributed by atoms with Crippen LogP contribution >= 0.6 is 11.8 Å². The van der Waals surface area contributed by atoms with Crippen LogP contribution in [-0.4, -0.2) is 237 Å². The maximum atomic E-state index is 16.3. The second kappa shape index (κ2) is 38.7. The van der Waals surface area contributed by atoms with Crippen LogP contribution in [0.15, 0.2) is 12.2 Å². The Morgan fingerprint density at radius 2 is 1.00 bits per heavy atom. The average molecular weight is 1330 g/mol. The Balaban J connectivity index is 4.62. The third-order valence-electron chi connectivity index (χ3n) is 17.8. The Morgan fingerprint density at radius 1 is 0.548 bits per heavy atom. The molecule has 24 nitrogen and oxygen atoms in total. The number of carbonyl (C=O) groups is 11.